The number of hydrogen-bond acceptors (Lipinski definition) is 7. The molecule has 1 saturated heterocycles. The molecule has 0 saturated carbocycles. The number of benzene rings is 2. The number of hydrogen-bond donors (Lipinski definition) is 3. The van der Waals surface area contributed by atoms with Crippen LogP contribution in [0.1, 0.15) is 29.5 Å². The third-order valence-corrected chi connectivity index (χ3v) is 8.79. The number of likely N-dealkylation sites (tertiary alicyclic amines) is 1. The number of carboxylic acids is 1. The summed E-state index contributed by atoms with van der Waals surface area (Å²) in [6, 6.07) is 13.7. The number of sulfonamides is 1. The number of halogens is 3. The zero-order valence-corrected chi connectivity index (χ0v) is 24.5. The van der Waals surface area contributed by atoms with E-state index in [0.29, 0.717) is 17.0 Å². The van der Waals surface area contributed by atoms with Gasteiger partial charge in [-0.05, 0) is 96.2 Å². The van der Waals surface area contributed by atoms with Crippen LogP contribution in [0.15, 0.2) is 58.1 Å². The quantitative estimate of drug-likeness (QED) is 0.279. The molecule has 2 heterocycles. The Morgan fingerprint density at radius 3 is 2.34 bits per heavy atom. The maximum Gasteiger partial charge on any atom is 0.490 e. The molecule has 0 radical (unpaired) electrons. The van der Waals surface area contributed by atoms with E-state index in [9.17, 15) is 21.6 Å². The third-order valence-electron chi connectivity index (χ3n) is 6.44. The summed E-state index contributed by atoms with van der Waals surface area (Å²) in [5.74, 6) is -1.99. The molecule has 13 heteroatoms. The van der Waals surface area contributed by atoms with Crippen LogP contribution in [0.25, 0.3) is 11.1 Å². The first-order valence-corrected chi connectivity index (χ1v) is 15.3. The van der Waals surface area contributed by atoms with Crippen LogP contribution in [-0.4, -0.2) is 63.9 Å². The summed E-state index contributed by atoms with van der Waals surface area (Å²) in [5, 5.41) is 14.8. The molecule has 1 aliphatic rings. The summed E-state index contributed by atoms with van der Waals surface area (Å²) in [4.78, 5) is 11.5. The van der Waals surface area contributed by atoms with Gasteiger partial charge >= 0.3 is 12.1 Å². The predicted molar refractivity (Wildman–Crippen MR) is 153 cm³/mol. The van der Waals surface area contributed by atoms with Gasteiger partial charge in [0.2, 0.25) is 10.0 Å². The van der Waals surface area contributed by atoms with Crippen molar-refractivity contribution in [2.75, 3.05) is 33.3 Å². The van der Waals surface area contributed by atoms with E-state index in [0.717, 1.165) is 55.2 Å². The molecular formula is C28H34F3N3O5S2. The van der Waals surface area contributed by atoms with Gasteiger partial charge in [-0.3, -0.25) is 0 Å². The Hall–Kier alpha value is -2.97. The second-order valence-corrected chi connectivity index (χ2v) is 12.0. The Kier molecular flexibility index (Phi) is 11.7. The molecule has 0 atom stereocenters. The standard InChI is InChI=1S/C26H33N3O3S2.C2HF3O2/c1-20-15-23(6-8-26(20)34(30,31)28-10-13-29-11-3-4-12-29)24-16-21(5-7-25(24)32-2)17-27-18-22-9-14-33-19-22;3-2(4,5)1(6)7/h5-9,14-16,19,27-28H,3-4,10-13,17-18H2,1-2H3;(H,6,7). The fourth-order valence-corrected chi connectivity index (χ4v) is 6.29. The van der Waals surface area contributed by atoms with E-state index >= 15 is 0 Å². The number of methoxy groups -OCH3 is 1. The number of carbonyl (C=O) groups is 1. The van der Waals surface area contributed by atoms with E-state index in [-0.39, 0.29) is 0 Å². The predicted octanol–water partition coefficient (Wildman–Crippen LogP) is 5.03. The zero-order chi connectivity index (χ0) is 30.0. The molecule has 3 N–H and O–H groups in total. The summed E-state index contributed by atoms with van der Waals surface area (Å²) in [5.41, 5.74) is 5.02. The van der Waals surface area contributed by atoms with Crippen molar-refractivity contribution in [1.82, 2.24) is 14.9 Å². The molecule has 0 amide bonds. The summed E-state index contributed by atoms with van der Waals surface area (Å²) < 4.78 is 65.9. The Labute approximate surface area is 242 Å². The van der Waals surface area contributed by atoms with Crippen LogP contribution >= 0.6 is 11.3 Å². The van der Waals surface area contributed by atoms with Crippen LogP contribution in [0.5, 0.6) is 5.75 Å². The lowest BCUT2D eigenvalue weighted by molar-refractivity contribution is -0.192. The van der Waals surface area contributed by atoms with E-state index in [2.05, 4.69) is 43.9 Å². The summed E-state index contributed by atoms with van der Waals surface area (Å²) >= 11 is 1.70. The number of aryl methyl sites for hydroxylation is 1. The van der Waals surface area contributed by atoms with Crippen LogP contribution in [0.4, 0.5) is 13.2 Å². The minimum atomic E-state index is -5.08. The van der Waals surface area contributed by atoms with E-state index < -0.39 is 22.2 Å². The summed E-state index contributed by atoms with van der Waals surface area (Å²) in [7, 11) is -1.90. The first kappa shape index (κ1) is 32.5. The molecule has 0 spiro atoms. The molecule has 3 aromatic rings. The lowest BCUT2D eigenvalue weighted by Gasteiger charge is -2.16. The molecule has 224 valence electrons. The number of rotatable bonds is 11. The van der Waals surface area contributed by atoms with Crippen molar-refractivity contribution in [1.29, 1.82) is 0 Å². The lowest BCUT2D eigenvalue weighted by atomic mass is 10.00. The summed E-state index contributed by atoms with van der Waals surface area (Å²) in [6.07, 6.45) is -2.69. The number of thiophene rings is 1. The van der Waals surface area contributed by atoms with E-state index in [4.69, 9.17) is 14.6 Å². The van der Waals surface area contributed by atoms with Crippen LogP contribution in [-0.2, 0) is 27.9 Å². The maximum atomic E-state index is 12.9. The average molecular weight is 614 g/mol. The van der Waals surface area contributed by atoms with Gasteiger partial charge in [0.1, 0.15) is 5.75 Å². The van der Waals surface area contributed by atoms with Gasteiger partial charge in [0.05, 0.1) is 12.0 Å². The largest absolute Gasteiger partial charge is 0.496 e. The number of nitrogens with one attached hydrogen (secondary N) is 2. The molecule has 0 bridgehead atoms. The highest BCUT2D eigenvalue weighted by molar-refractivity contribution is 7.89. The molecule has 1 fully saturated rings. The highest BCUT2D eigenvalue weighted by Crippen LogP contribution is 2.33. The van der Waals surface area contributed by atoms with E-state index in [1.54, 1.807) is 24.5 Å². The molecular weight excluding hydrogens is 579 g/mol. The number of alkyl halides is 3. The van der Waals surface area contributed by atoms with Gasteiger partial charge < -0.3 is 20.1 Å². The molecule has 1 aromatic heterocycles. The third kappa shape index (κ3) is 9.82. The SMILES string of the molecule is COc1ccc(CNCc2ccsc2)cc1-c1ccc(S(=O)(=O)NCCN2CCCC2)c(C)c1.O=C(O)C(F)(F)F. The lowest BCUT2D eigenvalue weighted by Crippen LogP contribution is -2.33. The second-order valence-electron chi connectivity index (χ2n) is 9.50. The molecule has 0 aliphatic carbocycles. The Balaban J connectivity index is 0.000000587. The van der Waals surface area contributed by atoms with E-state index in [1.165, 1.54) is 18.4 Å². The van der Waals surface area contributed by atoms with Crippen molar-refractivity contribution in [2.45, 2.75) is 43.9 Å². The topological polar surface area (TPSA) is 108 Å². The second kappa shape index (κ2) is 14.8. The molecule has 41 heavy (non-hydrogen) atoms. The van der Waals surface area contributed by atoms with Crippen molar-refractivity contribution in [3.05, 3.63) is 69.9 Å². The van der Waals surface area contributed by atoms with Gasteiger partial charge in [-0.15, -0.1) is 0 Å². The first-order chi connectivity index (χ1) is 19.4. The highest BCUT2D eigenvalue weighted by atomic mass is 32.2. The van der Waals surface area contributed by atoms with Crippen LogP contribution in [0.3, 0.4) is 0 Å². The average Bonchev–Trinajstić information content (AvgIpc) is 3.63. The highest BCUT2D eigenvalue weighted by Gasteiger charge is 2.38. The van der Waals surface area contributed by atoms with Gasteiger partial charge in [-0.2, -0.15) is 24.5 Å². The molecule has 1 aliphatic heterocycles. The van der Waals surface area contributed by atoms with Crippen LogP contribution in [0.2, 0.25) is 0 Å². The normalized spacial score (nSPS) is 14.0. The monoisotopic (exact) mass is 613 g/mol. The van der Waals surface area contributed by atoms with Crippen molar-refractivity contribution in [3.8, 4) is 16.9 Å². The fourth-order valence-electron chi connectivity index (χ4n) is 4.38. The number of carboxylic acid groups (broad SMARTS) is 1. The van der Waals surface area contributed by atoms with Crippen LogP contribution in [0, 0.1) is 6.92 Å². The number of nitrogens with zero attached hydrogens (tertiary/aromatic N) is 1. The number of ether oxygens (including phenoxy) is 1. The van der Waals surface area contributed by atoms with Crippen molar-refractivity contribution >= 4 is 27.3 Å². The fraction of sp³-hybridized carbons (Fsp3) is 0.393. The van der Waals surface area contributed by atoms with Crippen molar-refractivity contribution < 1.29 is 36.2 Å². The van der Waals surface area contributed by atoms with Gasteiger partial charge in [0.25, 0.3) is 0 Å². The maximum absolute atomic E-state index is 12.9. The molecule has 8 nitrogen and oxygen atoms in total. The van der Waals surface area contributed by atoms with Crippen LogP contribution < -0.4 is 14.8 Å². The Morgan fingerprint density at radius 1 is 1.07 bits per heavy atom. The smallest absolute Gasteiger partial charge is 0.490 e. The molecule has 4 rings (SSSR count). The van der Waals surface area contributed by atoms with Crippen molar-refractivity contribution in [3.63, 3.8) is 0 Å². The minimum absolute atomic E-state index is 0.324. The van der Waals surface area contributed by atoms with Gasteiger partial charge in [-0.1, -0.05) is 12.1 Å². The Bertz CT molecular complexity index is 1390. The van der Waals surface area contributed by atoms with Gasteiger partial charge in [0, 0.05) is 31.7 Å². The summed E-state index contributed by atoms with van der Waals surface area (Å²) in [6.45, 7) is 6.69. The van der Waals surface area contributed by atoms with Gasteiger partial charge in [0.15, 0.2) is 0 Å². The Morgan fingerprint density at radius 2 is 1.76 bits per heavy atom. The molecule has 2 aromatic carbocycles. The molecule has 0 unspecified atom stereocenters. The van der Waals surface area contributed by atoms with E-state index in [1.807, 2.05) is 25.1 Å². The first-order valence-electron chi connectivity index (χ1n) is 12.9. The minimum Gasteiger partial charge on any atom is -0.496 e. The van der Waals surface area contributed by atoms with Gasteiger partial charge in [-0.25, -0.2) is 17.9 Å². The van der Waals surface area contributed by atoms with Crippen molar-refractivity contribution in [2.24, 2.45) is 0 Å². The number of aliphatic carboxylic acids is 1. The zero-order valence-electron chi connectivity index (χ0n) is 22.8.